The van der Waals surface area contributed by atoms with Crippen molar-refractivity contribution in [2.45, 2.75) is 31.4 Å². The van der Waals surface area contributed by atoms with Crippen molar-refractivity contribution in [3.8, 4) is 17.2 Å². The van der Waals surface area contributed by atoms with E-state index in [1.807, 2.05) is 0 Å². The van der Waals surface area contributed by atoms with Crippen LogP contribution in [0, 0.1) is 23.5 Å². The van der Waals surface area contributed by atoms with Crippen molar-refractivity contribution in [2.24, 2.45) is 17.0 Å². The van der Waals surface area contributed by atoms with Crippen molar-refractivity contribution in [3.63, 3.8) is 0 Å². The van der Waals surface area contributed by atoms with Crippen LogP contribution in [-0.2, 0) is 11.0 Å². The van der Waals surface area contributed by atoms with Crippen LogP contribution < -0.4 is 24.8 Å². The standard InChI is InChI=1S/C30H22F7N3O7/c1-44-22-9-20(32)14(26-16-4-12(11-41)5-23(16)47-40-26)7-17(22)28(43)39-21-10-25-24(45-30(36,37)46-25)8-15(21)27(42)38-13-2-3-19(31)18(6-13)29(33,34)35/h2-3,6-10,12,16,23,41H,4-5,11H2,1H3,(H,38,42)(H,39,43). The van der Waals surface area contributed by atoms with Crippen molar-refractivity contribution < 1.29 is 64.5 Å². The number of benzene rings is 3. The van der Waals surface area contributed by atoms with E-state index in [1.165, 1.54) is 0 Å². The summed E-state index contributed by atoms with van der Waals surface area (Å²) in [5, 5.41) is 18.0. The Balaban J connectivity index is 1.34. The van der Waals surface area contributed by atoms with Crippen molar-refractivity contribution in [1.82, 2.24) is 0 Å². The lowest BCUT2D eigenvalue weighted by Crippen LogP contribution is -2.25. The number of aliphatic hydroxyl groups is 1. The monoisotopic (exact) mass is 669 g/mol. The Morgan fingerprint density at radius 2 is 1.68 bits per heavy atom. The summed E-state index contributed by atoms with van der Waals surface area (Å²) < 4.78 is 110. The summed E-state index contributed by atoms with van der Waals surface area (Å²) in [6.45, 7) is -0.107. The number of anilines is 2. The van der Waals surface area contributed by atoms with Gasteiger partial charge < -0.3 is 34.8 Å². The highest BCUT2D eigenvalue weighted by Gasteiger charge is 2.45. The van der Waals surface area contributed by atoms with Gasteiger partial charge >= 0.3 is 12.5 Å². The van der Waals surface area contributed by atoms with Crippen molar-refractivity contribution >= 4 is 28.9 Å². The van der Waals surface area contributed by atoms with Gasteiger partial charge in [0, 0.05) is 35.9 Å². The fourth-order valence-electron chi connectivity index (χ4n) is 5.69. The largest absolute Gasteiger partial charge is 0.586 e. The summed E-state index contributed by atoms with van der Waals surface area (Å²) in [6.07, 6.45) is -8.71. The minimum atomic E-state index is -5.10. The molecule has 0 aromatic heterocycles. The van der Waals surface area contributed by atoms with E-state index in [9.17, 15) is 41.0 Å². The molecule has 2 amide bonds. The zero-order valence-corrected chi connectivity index (χ0v) is 23.9. The van der Waals surface area contributed by atoms with Gasteiger partial charge in [-0.25, -0.2) is 8.78 Å². The summed E-state index contributed by atoms with van der Waals surface area (Å²) in [5.74, 6) is -6.62. The summed E-state index contributed by atoms with van der Waals surface area (Å²) >= 11 is 0. The van der Waals surface area contributed by atoms with Crippen LogP contribution in [0.25, 0.3) is 0 Å². The van der Waals surface area contributed by atoms with Gasteiger partial charge in [-0.2, -0.15) is 13.2 Å². The Hall–Kier alpha value is -5.06. The number of amides is 2. The molecule has 17 heteroatoms. The van der Waals surface area contributed by atoms with Crippen LogP contribution in [-0.4, -0.2) is 48.7 Å². The van der Waals surface area contributed by atoms with E-state index in [4.69, 9.17) is 9.57 Å². The smallest absolute Gasteiger partial charge is 0.496 e. The van der Waals surface area contributed by atoms with Gasteiger partial charge in [0.25, 0.3) is 11.8 Å². The number of ether oxygens (including phenoxy) is 3. The molecule has 0 radical (unpaired) electrons. The number of hydrogen-bond acceptors (Lipinski definition) is 8. The summed E-state index contributed by atoms with van der Waals surface area (Å²) in [7, 11) is 1.15. The molecule has 3 unspecified atom stereocenters. The molecule has 47 heavy (non-hydrogen) atoms. The average molecular weight is 670 g/mol. The number of fused-ring (bicyclic) bond motifs is 2. The molecular weight excluding hydrogens is 647 g/mol. The predicted molar refractivity (Wildman–Crippen MR) is 148 cm³/mol. The van der Waals surface area contributed by atoms with Gasteiger partial charge in [-0.15, -0.1) is 8.78 Å². The van der Waals surface area contributed by atoms with Crippen LogP contribution in [0.15, 0.2) is 47.6 Å². The van der Waals surface area contributed by atoms with Crippen LogP contribution in [0.1, 0.15) is 44.7 Å². The van der Waals surface area contributed by atoms with Gasteiger partial charge in [0.2, 0.25) is 0 Å². The average Bonchev–Trinajstić information content (AvgIpc) is 3.67. The molecule has 3 aromatic rings. The van der Waals surface area contributed by atoms with Gasteiger partial charge in [-0.05, 0) is 49.1 Å². The topological polar surface area (TPSA) is 128 Å². The number of nitrogens with one attached hydrogen (secondary N) is 2. The normalized spacial score (nSPS) is 20.7. The van der Waals surface area contributed by atoms with Crippen molar-refractivity contribution in [2.75, 3.05) is 24.4 Å². The van der Waals surface area contributed by atoms with Crippen LogP contribution in [0.4, 0.5) is 42.1 Å². The first-order valence-electron chi connectivity index (χ1n) is 13.8. The number of carbonyl (C=O) groups is 2. The first-order valence-corrected chi connectivity index (χ1v) is 13.8. The number of nitrogens with zero attached hydrogens (tertiary/aromatic N) is 1. The Bertz CT molecular complexity index is 1820. The highest BCUT2D eigenvalue weighted by atomic mass is 19.4. The number of oxime groups is 1. The van der Waals surface area contributed by atoms with E-state index >= 15 is 4.39 Å². The molecule has 10 nitrogen and oxygen atoms in total. The first-order chi connectivity index (χ1) is 22.2. The molecular formula is C30H22F7N3O7. The Labute approximate surface area is 260 Å². The van der Waals surface area contributed by atoms with Crippen LogP contribution in [0.3, 0.4) is 0 Å². The number of alkyl halides is 5. The molecule has 0 bridgehead atoms. The fraction of sp³-hybridized carbons (Fsp3) is 0.300. The summed E-state index contributed by atoms with van der Waals surface area (Å²) in [6, 6.07) is 5.24. The Morgan fingerprint density at radius 3 is 2.36 bits per heavy atom. The molecule has 3 N–H and O–H groups in total. The maximum Gasteiger partial charge on any atom is 0.586 e. The number of halogens is 7. The molecule has 1 aliphatic carbocycles. The Morgan fingerprint density at radius 1 is 0.979 bits per heavy atom. The van der Waals surface area contributed by atoms with Crippen LogP contribution >= 0.6 is 0 Å². The molecule has 0 saturated heterocycles. The molecule has 1 saturated carbocycles. The van der Waals surface area contributed by atoms with E-state index in [0.29, 0.717) is 25.0 Å². The lowest BCUT2D eigenvalue weighted by atomic mass is 9.92. The Kier molecular flexibility index (Phi) is 7.89. The quantitative estimate of drug-likeness (QED) is 0.266. The highest BCUT2D eigenvalue weighted by Crippen LogP contribution is 2.45. The number of carbonyl (C=O) groups excluding carboxylic acids is 2. The SMILES string of the molecule is COc1cc(F)c(C2=NOC3CC(CO)CC23)cc1C(=O)Nc1cc2c(cc1C(=O)Nc1ccc(F)c(C(F)(F)F)c1)OC(F)(F)O2. The number of aliphatic hydroxyl groups excluding tert-OH is 1. The van der Waals surface area contributed by atoms with Gasteiger partial charge in [0.1, 0.15) is 23.5 Å². The highest BCUT2D eigenvalue weighted by molar-refractivity contribution is 6.14. The minimum absolute atomic E-state index is 0.0995. The molecule has 3 aliphatic rings. The van der Waals surface area contributed by atoms with E-state index < -0.39 is 76.0 Å². The van der Waals surface area contributed by atoms with Crippen LogP contribution in [0.2, 0.25) is 0 Å². The lowest BCUT2D eigenvalue weighted by Gasteiger charge is -2.16. The summed E-state index contributed by atoms with van der Waals surface area (Å²) in [4.78, 5) is 32.3. The molecule has 1 fully saturated rings. The van der Waals surface area contributed by atoms with Crippen molar-refractivity contribution in [3.05, 3.63) is 76.4 Å². The van der Waals surface area contributed by atoms with Gasteiger partial charge in [0.15, 0.2) is 11.5 Å². The molecule has 3 atom stereocenters. The maximum atomic E-state index is 15.3. The second-order valence-corrected chi connectivity index (χ2v) is 10.9. The van der Waals surface area contributed by atoms with E-state index in [1.54, 1.807) is 0 Å². The zero-order valence-electron chi connectivity index (χ0n) is 23.9. The molecule has 2 heterocycles. The second-order valence-electron chi connectivity index (χ2n) is 10.9. The maximum absolute atomic E-state index is 15.3. The molecule has 3 aromatic carbocycles. The third-order valence-corrected chi connectivity index (χ3v) is 7.87. The second kappa shape index (κ2) is 11.6. The first kappa shape index (κ1) is 31.9. The number of hydrogen-bond donors (Lipinski definition) is 3. The predicted octanol–water partition coefficient (Wildman–Crippen LogP) is 5.94. The van der Waals surface area contributed by atoms with Crippen LogP contribution in [0.5, 0.6) is 17.2 Å². The minimum Gasteiger partial charge on any atom is -0.496 e. The third kappa shape index (κ3) is 6.09. The van der Waals surface area contributed by atoms with Gasteiger partial charge in [-0.3, -0.25) is 9.59 Å². The molecule has 2 aliphatic heterocycles. The van der Waals surface area contributed by atoms with E-state index in [2.05, 4.69) is 25.3 Å². The van der Waals surface area contributed by atoms with Gasteiger partial charge in [0.05, 0.1) is 35.2 Å². The van der Waals surface area contributed by atoms with Gasteiger partial charge in [-0.1, -0.05) is 5.16 Å². The third-order valence-electron chi connectivity index (χ3n) is 7.87. The number of methoxy groups -OCH3 is 1. The lowest BCUT2D eigenvalue weighted by molar-refractivity contribution is -0.286. The fourth-order valence-corrected chi connectivity index (χ4v) is 5.69. The molecule has 248 valence electrons. The molecule has 6 rings (SSSR count). The van der Waals surface area contributed by atoms with E-state index in [0.717, 1.165) is 37.4 Å². The number of rotatable bonds is 7. The van der Waals surface area contributed by atoms with Crippen molar-refractivity contribution in [1.29, 1.82) is 0 Å². The molecule has 0 spiro atoms. The van der Waals surface area contributed by atoms with E-state index in [-0.39, 0.29) is 41.0 Å². The summed E-state index contributed by atoms with van der Waals surface area (Å²) in [5.41, 5.74) is -3.43. The zero-order chi connectivity index (χ0) is 33.8.